The molecule has 0 bridgehead atoms. The molecule has 0 unspecified atom stereocenters. The van der Waals surface area contributed by atoms with E-state index < -0.39 is 26.1 Å². The number of rotatable bonds is 11. The van der Waals surface area contributed by atoms with Crippen LogP contribution in [0, 0.1) is 0 Å². The summed E-state index contributed by atoms with van der Waals surface area (Å²) in [5, 5.41) is 3.41. The fourth-order valence-corrected chi connectivity index (χ4v) is 12.2. The van der Waals surface area contributed by atoms with Crippen molar-refractivity contribution in [3.05, 3.63) is 155 Å². The van der Waals surface area contributed by atoms with Crippen molar-refractivity contribution >= 4 is 47.8 Å². The zero-order valence-electron chi connectivity index (χ0n) is 28.0. The number of allylic oxidation sites excluding steroid dienone is 1. The summed E-state index contributed by atoms with van der Waals surface area (Å²) in [7, 11) is -2.91. The summed E-state index contributed by atoms with van der Waals surface area (Å²) < 4.78 is 14.4. The molecular weight excluding hydrogens is 653 g/mol. The summed E-state index contributed by atoms with van der Waals surface area (Å²) in [5.41, 5.74) is 1.86. The SMILES string of the molecule is C=CC[C@]1(C)O[C@H](c2cccc(Cl)c2)[C@@H](c2ccc(Cl)cc2)N([C@H](CO[Si](c2ccccc2)(c2ccccc2)C(C)(C)C)C2=CC2)C1=O. The van der Waals surface area contributed by atoms with Gasteiger partial charge in [0.25, 0.3) is 14.2 Å². The standard InChI is InChI=1S/C41H43Cl2NO3Si/c1-6-26-41(5)39(45)44(37(30-22-24-32(42)25-23-30)38(47-41)31-14-13-15-33(43)27-31)36(29-20-21-29)28-46-48(40(2,3)4,34-16-9-7-10-17-34)35-18-11-8-12-19-35/h6-20,22-25,27,36-38H,1,21,26,28H2,2-5H3/t36-,37-,38-,41+/m1/s1. The van der Waals surface area contributed by atoms with Gasteiger partial charge >= 0.3 is 0 Å². The molecule has 48 heavy (non-hydrogen) atoms. The molecule has 4 atom stereocenters. The lowest BCUT2D eigenvalue weighted by molar-refractivity contribution is -0.201. The summed E-state index contributed by atoms with van der Waals surface area (Å²) in [6, 6.07) is 35.9. The second kappa shape index (κ2) is 13.8. The van der Waals surface area contributed by atoms with Crippen LogP contribution in [0.4, 0.5) is 0 Å². The molecular formula is C41H43Cl2NO3Si. The number of ether oxygens (including phenoxy) is 1. The molecule has 1 amide bonds. The third-order valence-corrected chi connectivity index (χ3v) is 15.2. The Morgan fingerprint density at radius 1 is 0.917 bits per heavy atom. The fraction of sp³-hybridized carbons (Fsp3) is 0.293. The Morgan fingerprint density at radius 3 is 2.04 bits per heavy atom. The second-order valence-corrected chi connectivity index (χ2v) is 19.2. The van der Waals surface area contributed by atoms with E-state index in [1.165, 1.54) is 15.9 Å². The van der Waals surface area contributed by atoms with Crippen LogP contribution in [0.25, 0.3) is 0 Å². The number of morpholine rings is 1. The van der Waals surface area contributed by atoms with Crippen LogP contribution in [-0.4, -0.2) is 37.4 Å². The van der Waals surface area contributed by atoms with Crippen molar-refractivity contribution in [3.63, 3.8) is 0 Å². The Morgan fingerprint density at radius 2 is 1.52 bits per heavy atom. The summed E-state index contributed by atoms with van der Waals surface area (Å²) in [6.45, 7) is 13.0. The molecule has 4 aromatic rings. The first-order chi connectivity index (χ1) is 23.0. The van der Waals surface area contributed by atoms with Gasteiger partial charge in [-0.15, -0.1) is 6.58 Å². The zero-order chi connectivity index (χ0) is 34.1. The molecule has 248 valence electrons. The highest BCUT2D eigenvalue weighted by molar-refractivity contribution is 6.99. The molecule has 4 aromatic carbocycles. The smallest absolute Gasteiger partial charge is 0.261 e. The lowest BCUT2D eigenvalue weighted by Gasteiger charge is -2.52. The molecule has 0 N–H and O–H groups in total. The number of halogens is 2. The Labute approximate surface area is 296 Å². The van der Waals surface area contributed by atoms with E-state index in [1.807, 2.05) is 72.5 Å². The predicted molar refractivity (Wildman–Crippen MR) is 200 cm³/mol. The van der Waals surface area contributed by atoms with Crippen molar-refractivity contribution in [2.45, 2.75) is 69.4 Å². The van der Waals surface area contributed by atoms with Gasteiger partial charge in [-0.05, 0) is 69.7 Å². The first-order valence-corrected chi connectivity index (χ1v) is 19.2. The van der Waals surface area contributed by atoms with Crippen molar-refractivity contribution in [3.8, 4) is 0 Å². The molecule has 1 heterocycles. The number of hydrogen-bond acceptors (Lipinski definition) is 3. The molecule has 1 aliphatic carbocycles. The Balaban J connectivity index is 1.51. The molecule has 2 aliphatic rings. The van der Waals surface area contributed by atoms with Gasteiger partial charge in [0.1, 0.15) is 11.7 Å². The van der Waals surface area contributed by atoms with Crippen molar-refractivity contribution in [1.29, 1.82) is 0 Å². The normalized spacial score (nSPS) is 21.8. The van der Waals surface area contributed by atoms with E-state index in [0.29, 0.717) is 23.1 Å². The van der Waals surface area contributed by atoms with Crippen LogP contribution in [0.3, 0.4) is 0 Å². The minimum absolute atomic E-state index is 0.0931. The molecule has 6 rings (SSSR count). The Hall–Kier alpha value is -3.45. The maximum Gasteiger partial charge on any atom is 0.261 e. The van der Waals surface area contributed by atoms with E-state index in [-0.39, 0.29) is 17.0 Å². The van der Waals surface area contributed by atoms with E-state index in [4.69, 9.17) is 32.4 Å². The number of carbonyl (C=O) groups is 1. The lowest BCUT2D eigenvalue weighted by atomic mass is 9.86. The van der Waals surface area contributed by atoms with Gasteiger partial charge in [-0.3, -0.25) is 4.79 Å². The lowest BCUT2D eigenvalue weighted by Crippen LogP contribution is -2.68. The van der Waals surface area contributed by atoms with Crippen LogP contribution in [0.1, 0.15) is 63.8 Å². The molecule has 0 spiro atoms. The molecule has 0 radical (unpaired) electrons. The molecule has 1 fully saturated rings. The minimum atomic E-state index is -2.91. The molecule has 1 aliphatic heterocycles. The Kier molecular flexibility index (Phi) is 9.90. The molecule has 7 heteroatoms. The van der Waals surface area contributed by atoms with Crippen molar-refractivity contribution in [2.75, 3.05) is 6.61 Å². The number of hydrogen-bond donors (Lipinski definition) is 0. The van der Waals surface area contributed by atoms with E-state index >= 15 is 0 Å². The number of amides is 1. The molecule has 0 saturated carbocycles. The van der Waals surface area contributed by atoms with Crippen molar-refractivity contribution < 1.29 is 14.0 Å². The highest BCUT2D eigenvalue weighted by atomic mass is 35.5. The maximum absolute atomic E-state index is 15.0. The van der Waals surface area contributed by atoms with Gasteiger partial charge in [0.05, 0.1) is 18.7 Å². The van der Waals surface area contributed by atoms with Crippen LogP contribution in [0.5, 0.6) is 0 Å². The van der Waals surface area contributed by atoms with Gasteiger partial charge in [0.15, 0.2) is 0 Å². The van der Waals surface area contributed by atoms with Gasteiger partial charge < -0.3 is 14.1 Å². The topological polar surface area (TPSA) is 38.8 Å². The number of carbonyl (C=O) groups excluding carboxylic acids is 1. The summed E-state index contributed by atoms with van der Waals surface area (Å²) in [4.78, 5) is 17.0. The summed E-state index contributed by atoms with van der Waals surface area (Å²) in [6.07, 6.45) is 4.64. The van der Waals surface area contributed by atoms with E-state index in [0.717, 1.165) is 17.5 Å². The van der Waals surface area contributed by atoms with Gasteiger partial charge in [-0.1, -0.05) is 141 Å². The van der Waals surface area contributed by atoms with Crippen LogP contribution in [0.15, 0.2) is 133 Å². The van der Waals surface area contributed by atoms with Crippen molar-refractivity contribution in [1.82, 2.24) is 4.90 Å². The first kappa shape index (κ1) is 34.4. The Bertz CT molecular complexity index is 1750. The van der Waals surface area contributed by atoms with Gasteiger partial charge in [0.2, 0.25) is 0 Å². The highest BCUT2D eigenvalue weighted by Crippen LogP contribution is 2.50. The third kappa shape index (κ3) is 6.59. The monoisotopic (exact) mass is 695 g/mol. The highest BCUT2D eigenvalue weighted by Gasteiger charge is 2.55. The van der Waals surface area contributed by atoms with Crippen LogP contribution in [0.2, 0.25) is 15.1 Å². The predicted octanol–water partition coefficient (Wildman–Crippen LogP) is 9.24. The average Bonchev–Trinajstić information content (AvgIpc) is 3.91. The largest absolute Gasteiger partial charge is 0.405 e. The summed E-state index contributed by atoms with van der Waals surface area (Å²) >= 11 is 13.0. The van der Waals surface area contributed by atoms with Gasteiger partial charge in [-0.25, -0.2) is 0 Å². The second-order valence-electron chi connectivity index (χ2n) is 14.0. The fourth-order valence-electron chi connectivity index (χ4n) is 7.28. The van der Waals surface area contributed by atoms with Gasteiger partial charge in [0, 0.05) is 16.5 Å². The number of nitrogens with zero attached hydrogens (tertiary/aromatic N) is 1. The van der Waals surface area contributed by atoms with Crippen LogP contribution in [-0.2, 0) is 14.0 Å². The van der Waals surface area contributed by atoms with E-state index in [2.05, 4.69) is 82.0 Å². The minimum Gasteiger partial charge on any atom is -0.405 e. The zero-order valence-corrected chi connectivity index (χ0v) is 30.5. The molecule has 0 aromatic heterocycles. The third-order valence-electron chi connectivity index (χ3n) is 9.66. The first-order valence-electron chi connectivity index (χ1n) is 16.5. The number of benzene rings is 4. The van der Waals surface area contributed by atoms with E-state index in [9.17, 15) is 4.79 Å². The molecule has 1 saturated heterocycles. The maximum atomic E-state index is 15.0. The quantitative estimate of drug-likeness (QED) is 0.116. The van der Waals surface area contributed by atoms with Gasteiger partial charge in [-0.2, -0.15) is 0 Å². The van der Waals surface area contributed by atoms with Crippen molar-refractivity contribution in [2.24, 2.45) is 0 Å². The van der Waals surface area contributed by atoms with Crippen LogP contribution < -0.4 is 10.4 Å². The molecule has 4 nitrogen and oxygen atoms in total. The average molecular weight is 697 g/mol. The van der Waals surface area contributed by atoms with Crippen LogP contribution >= 0.6 is 23.2 Å². The van der Waals surface area contributed by atoms with E-state index in [1.54, 1.807) is 6.08 Å². The summed E-state index contributed by atoms with van der Waals surface area (Å²) in [5.74, 6) is -0.0931.